The Hall–Kier alpha value is -2.70. The van der Waals surface area contributed by atoms with Crippen molar-refractivity contribution in [2.45, 2.75) is 38.4 Å². The van der Waals surface area contributed by atoms with Crippen LogP contribution in [0.4, 0.5) is 0 Å². The maximum atomic E-state index is 12.7. The molecule has 1 atom stereocenters. The molecule has 25 heavy (non-hydrogen) atoms. The van der Waals surface area contributed by atoms with E-state index in [1.165, 1.54) is 0 Å². The number of amides is 2. The Kier molecular flexibility index (Phi) is 4.21. The van der Waals surface area contributed by atoms with E-state index in [1.807, 2.05) is 29.2 Å². The largest absolute Gasteiger partial charge is 0.349 e. The lowest BCUT2D eigenvalue weighted by molar-refractivity contribution is -0.141. The fraction of sp³-hybridized carbons (Fsp3) is 0.444. The van der Waals surface area contributed by atoms with Gasteiger partial charge in [-0.05, 0) is 31.0 Å². The summed E-state index contributed by atoms with van der Waals surface area (Å²) in [4.78, 5) is 31.4. The van der Waals surface area contributed by atoms with E-state index >= 15 is 0 Å². The number of fused-ring (bicyclic) bond motifs is 1. The van der Waals surface area contributed by atoms with Crippen molar-refractivity contribution in [2.75, 3.05) is 6.54 Å². The van der Waals surface area contributed by atoms with E-state index in [1.54, 1.807) is 17.1 Å². The summed E-state index contributed by atoms with van der Waals surface area (Å²) < 4.78 is 1.73. The van der Waals surface area contributed by atoms with E-state index in [0.717, 1.165) is 30.7 Å². The van der Waals surface area contributed by atoms with Gasteiger partial charge in [0.1, 0.15) is 6.04 Å². The molecule has 7 nitrogen and oxygen atoms in total. The predicted molar refractivity (Wildman–Crippen MR) is 90.1 cm³/mol. The molecule has 1 aliphatic heterocycles. The van der Waals surface area contributed by atoms with E-state index < -0.39 is 6.04 Å². The van der Waals surface area contributed by atoms with Crippen molar-refractivity contribution in [2.24, 2.45) is 5.92 Å². The van der Waals surface area contributed by atoms with Crippen LogP contribution in [-0.4, -0.2) is 38.0 Å². The van der Waals surface area contributed by atoms with Crippen LogP contribution in [0.3, 0.4) is 0 Å². The Bertz CT molecular complexity index is 769. The zero-order valence-electron chi connectivity index (χ0n) is 14.0. The summed E-state index contributed by atoms with van der Waals surface area (Å²) in [6.45, 7) is 1.26. The SMILES string of the molecule is O=C(NCc1ccccn1)[C@H]1CN(C(=O)C2CCC2)Cc2ccnn21. The number of carbonyl (C=O) groups excluding carboxylic acids is 2. The number of nitrogens with one attached hydrogen (secondary N) is 1. The maximum absolute atomic E-state index is 12.7. The highest BCUT2D eigenvalue weighted by Crippen LogP contribution is 2.31. The van der Waals surface area contributed by atoms with Crippen molar-refractivity contribution in [1.82, 2.24) is 25.0 Å². The van der Waals surface area contributed by atoms with Gasteiger partial charge in [-0.1, -0.05) is 12.5 Å². The standard InChI is InChI=1S/C18H21N5O2/c24-17(20-10-14-6-1-2-8-19-14)16-12-22(18(25)13-4-3-5-13)11-15-7-9-21-23(15)16/h1-2,6-9,13,16H,3-5,10-12H2,(H,20,24)/t16-/m1/s1. The first-order valence-electron chi connectivity index (χ1n) is 8.71. The van der Waals surface area contributed by atoms with Gasteiger partial charge in [0.25, 0.3) is 0 Å². The van der Waals surface area contributed by atoms with Gasteiger partial charge in [-0.2, -0.15) is 5.10 Å². The second kappa shape index (κ2) is 6.66. The zero-order valence-corrected chi connectivity index (χ0v) is 14.0. The Morgan fingerprint density at radius 1 is 1.20 bits per heavy atom. The molecule has 3 heterocycles. The number of hydrogen-bond acceptors (Lipinski definition) is 4. The molecule has 4 rings (SSSR count). The normalized spacial score (nSPS) is 19.8. The second-order valence-corrected chi connectivity index (χ2v) is 6.67. The lowest BCUT2D eigenvalue weighted by Gasteiger charge is -2.37. The quantitative estimate of drug-likeness (QED) is 0.910. The zero-order chi connectivity index (χ0) is 17.2. The number of aromatic nitrogens is 3. The molecule has 1 saturated carbocycles. The van der Waals surface area contributed by atoms with Crippen LogP contribution in [0.15, 0.2) is 36.7 Å². The molecule has 7 heteroatoms. The fourth-order valence-corrected chi connectivity index (χ4v) is 3.37. The fourth-order valence-electron chi connectivity index (χ4n) is 3.37. The first-order chi connectivity index (χ1) is 12.2. The molecule has 130 valence electrons. The molecule has 2 aliphatic rings. The van der Waals surface area contributed by atoms with E-state index in [9.17, 15) is 9.59 Å². The maximum Gasteiger partial charge on any atom is 0.247 e. The molecule has 0 saturated heterocycles. The number of carbonyl (C=O) groups is 2. The van der Waals surface area contributed by atoms with Crippen LogP contribution >= 0.6 is 0 Å². The minimum absolute atomic E-state index is 0.131. The summed E-state index contributed by atoms with van der Waals surface area (Å²) in [6.07, 6.45) is 6.44. The minimum Gasteiger partial charge on any atom is -0.349 e. The predicted octanol–water partition coefficient (Wildman–Crippen LogP) is 1.28. The third kappa shape index (κ3) is 3.14. The van der Waals surface area contributed by atoms with Crippen molar-refractivity contribution >= 4 is 11.8 Å². The topological polar surface area (TPSA) is 80.1 Å². The summed E-state index contributed by atoms with van der Waals surface area (Å²) in [6, 6.07) is 6.98. The van der Waals surface area contributed by atoms with E-state index in [4.69, 9.17) is 0 Å². The van der Waals surface area contributed by atoms with Crippen LogP contribution in [0.5, 0.6) is 0 Å². The van der Waals surface area contributed by atoms with Crippen LogP contribution in [0.1, 0.15) is 36.7 Å². The summed E-state index contributed by atoms with van der Waals surface area (Å²) in [5.74, 6) is 0.162. The van der Waals surface area contributed by atoms with Gasteiger partial charge in [0.05, 0.1) is 31.0 Å². The Balaban J connectivity index is 1.47. The van der Waals surface area contributed by atoms with Crippen molar-refractivity contribution in [1.29, 1.82) is 0 Å². The summed E-state index contributed by atoms with van der Waals surface area (Å²) in [5.41, 5.74) is 1.70. The highest BCUT2D eigenvalue weighted by Gasteiger charge is 2.36. The Morgan fingerprint density at radius 2 is 2.08 bits per heavy atom. The van der Waals surface area contributed by atoms with Crippen molar-refractivity contribution < 1.29 is 9.59 Å². The molecular formula is C18H21N5O2. The van der Waals surface area contributed by atoms with Crippen LogP contribution < -0.4 is 5.32 Å². The van der Waals surface area contributed by atoms with Crippen molar-refractivity contribution in [3.05, 3.63) is 48.0 Å². The van der Waals surface area contributed by atoms with Gasteiger partial charge in [-0.15, -0.1) is 0 Å². The molecule has 1 aliphatic carbocycles. The molecule has 0 unspecified atom stereocenters. The Labute approximate surface area is 146 Å². The monoisotopic (exact) mass is 339 g/mol. The number of nitrogens with zero attached hydrogens (tertiary/aromatic N) is 4. The number of hydrogen-bond donors (Lipinski definition) is 1. The van der Waals surface area contributed by atoms with Gasteiger partial charge < -0.3 is 10.2 Å². The molecule has 2 aromatic heterocycles. The second-order valence-electron chi connectivity index (χ2n) is 6.67. The minimum atomic E-state index is -0.494. The average Bonchev–Trinajstić information content (AvgIpc) is 3.06. The van der Waals surface area contributed by atoms with Gasteiger partial charge in [0.15, 0.2) is 0 Å². The Morgan fingerprint density at radius 3 is 2.80 bits per heavy atom. The molecule has 0 radical (unpaired) electrons. The van der Waals surface area contributed by atoms with Crippen molar-refractivity contribution in [3.63, 3.8) is 0 Å². The van der Waals surface area contributed by atoms with Crippen molar-refractivity contribution in [3.8, 4) is 0 Å². The number of rotatable bonds is 4. The third-order valence-electron chi connectivity index (χ3n) is 5.03. The molecule has 0 spiro atoms. The smallest absolute Gasteiger partial charge is 0.247 e. The summed E-state index contributed by atoms with van der Waals surface area (Å²) >= 11 is 0. The molecule has 0 bridgehead atoms. The van der Waals surface area contributed by atoms with E-state index in [-0.39, 0.29) is 17.7 Å². The first kappa shape index (κ1) is 15.8. The van der Waals surface area contributed by atoms with Gasteiger partial charge in [0, 0.05) is 18.3 Å². The van der Waals surface area contributed by atoms with Crippen LogP contribution in [0.2, 0.25) is 0 Å². The van der Waals surface area contributed by atoms with Crippen LogP contribution in [-0.2, 0) is 22.7 Å². The molecule has 2 amide bonds. The van der Waals surface area contributed by atoms with E-state index in [0.29, 0.717) is 19.6 Å². The van der Waals surface area contributed by atoms with Crippen LogP contribution in [0.25, 0.3) is 0 Å². The molecule has 1 fully saturated rings. The van der Waals surface area contributed by atoms with Gasteiger partial charge in [-0.25, -0.2) is 0 Å². The van der Waals surface area contributed by atoms with E-state index in [2.05, 4.69) is 15.4 Å². The summed E-state index contributed by atoms with van der Waals surface area (Å²) in [5, 5.41) is 7.21. The molecule has 2 aromatic rings. The van der Waals surface area contributed by atoms with Gasteiger partial charge >= 0.3 is 0 Å². The van der Waals surface area contributed by atoms with Gasteiger partial charge in [0.2, 0.25) is 11.8 Å². The third-order valence-corrected chi connectivity index (χ3v) is 5.03. The highest BCUT2D eigenvalue weighted by molar-refractivity contribution is 5.83. The molecule has 0 aromatic carbocycles. The lowest BCUT2D eigenvalue weighted by Crippen LogP contribution is -2.49. The first-order valence-corrected chi connectivity index (χ1v) is 8.71. The highest BCUT2D eigenvalue weighted by atomic mass is 16.2. The lowest BCUT2D eigenvalue weighted by atomic mass is 9.84. The summed E-state index contributed by atoms with van der Waals surface area (Å²) in [7, 11) is 0. The molecular weight excluding hydrogens is 318 g/mol. The molecule has 1 N–H and O–H groups in total. The van der Waals surface area contributed by atoms with Crippen LogP contribution in [0, 0.1) is 5.92 Å². The average molecular weight is 339 g/mol. The number of pyridine rings is 1. The van der Waals surface area contributed by atoms with Gasteiger partial charge in [-0.3, -0.25) is 19.3 Å².